The number of carboxylic acids is 1. The summed E-state index contributed by atoms with van der Waals surface area (Å²) in [5, 5.41) is 8.91. The third kappa shape index (κ3) is 3.16. The lowest BCUT2D eigenvalue weighted by atomic mass is 9.85. The number of nitrogens with zero attached hydrogens (tertiary/aromatic N) is 2. The lowest BCUT2D eigenvalue weighted by Crippen LogP contribution is -2.27. The fraction of sp³-hybridized carbons (Fsp3) is 0.571. The highest BCUT2D eigenvalue weighted by Crippen LogP contribution is 2.32. The number of aromatic nitrogens is 1. The summed E-state index contributed by atoms with van der Waals surface area (Å²) in [4.78, 5) is 17.3. The van der Waals surface area contributed by atoms with Crippen molar-refractivity contribution < 1.29 is 9.90 Å². The maximum absolute atomic E-state index is 10.9. The van der Waals surface area contributed by atoms with E-state index in [0.29, 0.717) is 16.9 Å². The normalized spacial score (nSPS) is 18.9. The van der Waals surface area contributed by atoms with Gasteiger partial charge in [0.25, 0.3) is 0 Å². The van der Waals surface area contributed by atoms with Crippen molar-refractivity contribution in [2.75, 3.05) is 23.7 Å². The molecule has 5 heteroatoms. The molecule has 2 heterocycles. The second-order valence-corrected chi connectivity index (χ2v) is 5.95. The first kappa shape index (κ1) is 13.6. The molecule has 1 saturated heterocycles. The van der Waals surface area contributed by atoms with Crippen LogP contribution in [0.5, 0.6) is 0 Å². The summed E-state index contributed by atoms with van der Waals surface area (Å²) in [5.74, 6) is -0.287. The molecule has 1 aromatic rings. The number of anilines is 2. The number of nitrogens with two attached hydrogens (primary N) is 1. The van der Waals surface area contributed by atoms with Crippen molar-refractivity contribution in [3.63, 3.8) is 0 Å². The van der Waals surface area contributed by atoms with Crippen LogP contribution in [-0.4, -0.2) is 29.1 Å². The van der Waals surface area contributed by atoms with Gasteiger partial charge in [-0.25, -0.2) is 9.78 Å². The van der Waals surface area contributed by atoms with Crippen molar-refractivity contribution in [2.24, 2.45) is 5.41 Å². The number of nitrogen functional groups attached to an aromatic ring is 1. The van der Waals surface area contributed by atoms with Gasteiger partial charge >= 0.3 is 5.97 Å². The van der Waals surface area contributed by atoms with Gasteiger partial charge in [-0.3, -0.25) is 0 Å². The molecule has 1 aliphatic heterocycles. The molecular weight excluding hydrogens is 242 g/mol. The number of carbonyl (C=O) groups is 1. The number of rotatable bonds is 2. The van der Waals surface area contributed by atoms with Crippen LogP contribution in [0.25, 0.3) is 0 Å². The first-order valence-electron chi connectivity index (χ1n) is 6.63. The van der Waals surface area contributed by atoms with Crippen molar-refractivity contribution in [1.29, 1.82) is 0 Å². The van der Waals surface area contributed by atoms with E-state index in [9.17, 15) is 4.79 Å². The molecule has 1 fully saturated rings. The van der Waals surface area contributed by atoms with Crippen LogP contribution in [0.2, 0.25) is 0 Å². The SMILES string of the molecule is CC1(C)CCCN(c2ncc(C(=O)O)cc2N)CC1. The Hall–Kier alpha value is -1.78. The molecule has 19 heavy (non-hydrogen) atoms. The zero-order valence-corrected chi connectivity index (χ0v) is 11.5. The van der Waals surface area contributed by atoms with Crippen LogP contribution in [0.4, 0.5) is 11.5 Å². The minimum absolute atomic E-state index is 0.136. The van der Waals surface area contributed by atoms with E-state index >= 15 is 0 Å². The number of hydrogen-bond donors (Lipinski definition) is 2. The molecule has 0 unspecified atom stereocenters. The molecule has 0 atom stereocenters. The summed E-state index contributed by atoms with van der Waals surface area (Å²) >= 11 is 0. The lowest BCUT2D eigenvalue weighted by molar-refractivity contribution is 0.0696. The number of pyridine rings is 1. The van der Waals surface area contributed by atoms with Crippen molar-refractivity contribution in [1.82, 2.24) is 4.98 Å². The fourth-order valence-electron chi connectivity index (χ4n) is 2.49. The fourth-order valence-corrected chi connectivity index (χ4v) is 2.49. The van der Waals surface area contributed by atoms with E-state index in [4.69, 9.17) is 10.8 Å². The molecule has 1 aliphatic rings. The van der Waals surface area contributed by atoms with Crippen LogP contribution in [-0.2, 0) is 0 Å². The van der Waals surface area contributed by atoms with Gasteiger partial charge in [-0.1, -0.05) is 13.8 Å². The topological polar surface area (TPSA) is 79.5 Å². The molecule has 1 aromatic heterocycles. The van der Waals surface area contributed by atoms with Gasteiger partial charge < -0.3 is 15.7 Å². The predicted molar refractivity (Wildman–Crippen MR) is 75.5 cm³/mol. The zero-order chi connectivity index (χ0) is 14.0. The molecule has 0 spiro atoms. The van der Waals surface area contributed by atoms with Gasteiger partial charge in [0, 0.05) is 19.3 Å². The van der Waals surface area contributed by atoms with Crippen molar-refractivity contribution in [3.05, 3.63) is 17.8 Å². The number of aromatic carboxylic acids is 1. The van der Waals surface area contributed by atoms with Crippen LogP contribution in [0.1, 0.15) is 43.5 Å². The summed E-state index contributed by atoms with van der Waals surface area (Å²) < 4.78 is 0. The summed E-state index contributed by atoms with van der Waals surface area (Å²) in [5.41, 5.74) is 6.87. The quantitative estimate of drug-likeness (QED) is 0.856. The van der Waals surface area contributed by atoms with Crippen LogP contribution < -0.4 is 10.6 Å². The second kappa shape index (κ2) is 5.07. The largest absolute Gasteiger partial charge is 0.478 e. The Bertz CT molecular complexity index is 486. The van der Waals surface area contributed by atoms with Crippen molar-refractivity contribution in [2.45, 2.75) is 33.1 Å². The van der Waals surface area contributed by atoms with Crippen LogP contribution in [0, 0.1) is 5.41 Å². The van der Waals surface area contributed by atoms with Crippen molar-refractivity contribution >= 4 is 17.5 Å². The molecule has 0 radical (unpaired) electrons. The Balaban J connectivity index is 2.20. The van der Waals surface area contributed by atoms with Crippen LogP contribution in [0.3, 0.4) is 0 Å². The van der Waals surface area contributed by atoms with Gasteiger partial charge in [0.2, 0.25) is 0 Å². The summed E-state index contributed by atoms with van der Waals surface area (Å²) in [6.07, 6.45) is 4.77. The third-order valence-electron chi connectivity index (χ3n) is 3.78. The van der Waals surface area contributed by atoms with Crippen LogP contribution >= 0.6 is 0 Å². The highest BCUT2D eigenvalue weighted by atomic mass is 16.4. The van der Waals surface area contributed by atoms with Gasteiger partial charge in [0.1, 0.15) is 0 Å². The minimum atomic E-state index is -0.997. The molecule has 0 saturated carbocycles. The van der Waals surface area contributed by atoms with Gasteiger partial charge in [0.15, 0.2) is 5.82 Å². The summed E-state index contributed by atoms with van der Waals surface area (Å²) in [7, 11) is 0. The minimum Gasteiger partial charge on any atom is -0.478 e. The molecule has 5 nitrogen and oxygen atoms in total. The van der Waals surface area contributed by atoms with E-state index in [2.05, 4.69) is 23.7 Å². The molecule has 0 amide bonds. The predicted octanol–water partition coefficient (Wildman–Crippen LogP) is 2.38. The second-order valence-electron chi connectivity index (χ2n) is 5.95. The summed E-state index contributed by atoms with van der Waals surface area (Å²) in [6.45, 7) is 6.39. The van der Waals surface area contributed by atoms with E-state index < -0.39 is 5.97 Å². The number of carboxylic acid groups (broad SMARTS) is 1. The van der Waals surface area contributed by atoms with Gasteiger partial charge in [0.05, 0.1) is 11.3 Å². The van der Waals surface area contributed by atoms with E-state index in [1.54, 1.807) is 0 Å². The number of hydrogen-bond acceptors (Lipinski definition) is 4. The Morgan fingerprint density at radius 2 is 2.16 bits per heavy atom. The molecule has 0 aromatic carbocycles. The maximum atomic E-state index is 10.9. The Morgan fingerprint density at radius 3 is 2.79 bits per heavy atom. The Labute approximate surface area is 113 Å². The molecule has 0 bridgehead atoms. The first-order valence-corrected chi connectivity index (χ1v) is 6.63. The van der Waals surface area contributed by atoms with Crippen molar-refractivity contribution in [3.8, 4) is 0 Å². The Morgan fingerprint density at radius 1 is 1.42 bits per heavy atom. The van der Waals surface area contributed by atoms with E-state index in [-0.39, 0.29) is 5.56 Å². The third-order valence-corrected chi connectivity index (χ3v) is 3.78. The molecule has 2 rings (SSSR count). The van der Waals surface area contributed by atoms with E-state index in [1.165, 1.54) is 18.7 Å². The monoisotopic (exact) mass is 263 g/mol. The van der Waals surface area contributed by atoms with Gasteiger partial charge in [-0.2, -0.15) is 0 Å². The maximum Gasteiger partial charge on any atom is 0.337 e. The van der Waals surface area contributed by atoms with Crippen LogP contribution in [0.15, 0.2) is 12.3 Å². The lowest BCUT2D eigenvalue weighted by Gasteiger charge is -2.25. The van der Waals surface area contributed by atoms with E-state index in [0.717, 1.165) is 25.9 Å². The smallest absolute Gasteiger partial charge is 0.337 e. The van der Waals surface area contributed by atoms with Gasteiger partial charge in [-0.05, 0) is 30.7 Å². The Kier molecular flexibility index (Phi) is 3.64. The highest BCUT2D eigenvalue weighted by molar-refractivity contribution is 5.89. The zero-order valence-electron chi connectivity index (χ0n) is 11.5. The summed E-state index contributed by atoms with van der Waals surface area (Å²) in [6, 6.07) is 1.49. The average molecular weight is 263 g/mol. The van der Waals surface area contributed by atoms with E-state index in [1.807, 2.05) is 0 Å². The molecule has 0 aliphatic carbocycles. The molecule has 104 valence electrons. The standard InChI is InChI=1S/C14H21N3O2/c1-14(2)4-3-6-17(7-5-14)12-11(15)8-10(9-16-12)13(18)19/h8-9H,3-7,15H2,1-2H3,(H,18,19). The molecular formula is C14H21N3O2. The first-order chi connectivity index (χ1) is 8.89. The van der Waals surface area contributed by atoms with Gasteiger partial charge in [-0.15, -0.1) is 0 Å². The average Bonchev–Trinajstić information content (AvgIpc) is 2.50. The highest BCUT2D eigenvalue weighted by Gasteiger charge is 2.24. The molecule has 3 N–H and O–H groups in total.